The topological polar surface area (TPSA) is 126 Å². The van der Waals surface area contributed by atoms with Crippen molar-refractivity contribution in [3.63, 3.8) is 0 Å². The Morgan fingerprint density at radius 3 is 2.40 bits per heavy atom. The lowest BCUT2D eigenvalue weighted by Gasteiger charge is -2.35. The Bertz CT molecular complexity index is 1820. The van der Waals surface area contributed by atoms with E-state index in [9.17, 15) is 18.8 Å². The molecule has 0 spiro atoms. The van der Waals surface area contributed by atoms with E-state index in [1.54, 1.807) is 36.3 Å². The number of hydrogen-bond donors (Lipinski definition) is 1. The standard InChI is InChI=1S/C34H37FN8O4/c1-40(2)33(46)27-19-23-20-37-34(39-32(23)43(27)24-6-4-5-7-24)38-30-12-9-25(21-36-30)41-14-16-42(17-15-41)31(45)13-10-28(44)22-8-11-29(47-3)26(35)18-22/h8-13,18-21,24H,4-7,14-17H2,1-3H3,(H,36,37,38,39)/b13-10+. The van der Waals surface area contributed by atoms with Crippen LogP contribution in [0.25, 0.3) is 11.0 Å². The number of ether oxygens (including phenoxy) is 1. The third-order valence-corrected chi connectivity index (χ3v) is 8.65. The van der Waals surface area contributed by atoms with Crippen LogP contribution in [-0.2, 0) is 4.79 Å². The van der Waals surface area contributed by atoms with E-state index in [0.717, 1.165) is 48.5 Å². The quantitative estimate of drug-likeness (QED) is 0.206. The van der Waals surface area contributed by atoms with Gasteiger partial charge in [0.1, 0.15) is 17.2 Å². The van der Waals surface area contributed by atoms with E-state index in [0.29, 0.717) is 43.6 Å². The van der Waals surface area contributed by atoms with E-state index >= 15 is 0 Å². The van der Waals surface area contributed by atoms with Crippen molar-refractivity contribution in [1.29, 1.82) is 0 Å². The predicted octanol–water partition coefficient (Wildman–Crippen LogP) is 4.62. The number of rotatable bonds is 9. The van der Waals surface area contributed by atoms with Gasteiger partial charge in [0.2, 0.25) is 11.9 Å². The molecule has 0 atom stereocenters. The minimum atomic E-state index is -0.638. The second-order valence-corrected chi connectivity index (χ2v) is 11.9. The Hall–Kier alpha value is -5.33. The number of benzene rings is 1. The van der Waals surface area contributed by atoms with Crippen molar-refractivity contribution >= 4 is 46.1 Å². The third kappa shape index (κ3) is 6.79. The van der Waals surface area contributed by atoms with Crippen LogP contribution in [0.2, 0.25) is 0 Å². The number of allylic oxidation sites excluding steroid dienone is 1. The number of anilines is 3. The van der Waals surface area contributed by atoms with Crippen molar-refractivity contribution in [2.75, 3.05) is 57.6 Å². The number of methoxy groups -OCH3 is 1. The monoisotopic (exact) mass is 640 g/mol. The molecule has 1 aromatic carbocycles. The van der Waals surface area contributed by atoms with Gasteiger partial charge in [0.25, 0.3) is 5.91 Å². The molecule has 0 radical (unpaired) electrons. The molecule has 2 aliphatic rings. The number of nitrogens with one attached hydrogen (secondary N) is 1. The zero-order chi connectivity index (χ0) is 33.1. The first-order valence-corrected chi connectivity index (χ1v) is 15.6. The summed E-state index contributed by atoms with van der Waals surface area (Å²) < 4.78 is 20.9. The van der Waals surface area contributed by atoms with Crippen LogP contribution < -0.4 is 15.0 Å². The highest BCUT2D eigenvalue weighted by atomic mass is 19.1. The number of carbonyl (C=O) groups is 3. The highest BCUT2D eigenvalue weighted by Gasteiger charge is 2.27. The van der Waals surface area contributed by atoms with E-state index < -0.39 is 11.6 Å². The summed E-state index contributed by atoms with van der Waals surface area (Å²) in [6, 6.07) is 9.84. The molecule has 244 valence electrons. The lowest BCUT2D eigenvalue weighted by atomic mass is 10.1. The molecule has 1 aliphatic carbocycles. The maximum absolute atomic E-state index is 13.9. The van der Waals surface area contributed by atoms with Crippen LogP contribution in [0.5, 0.6) is 5.75 Å². The second-order valence-electron chi connectivity index (χ2n) is 11.9. The fourth-order valence-corrected chi connectivity index (χ4v) is 6.11. The Balaban J connectivity index is 1.07. The van der Waals surface area contributed by atoms with Gasteiger partial charge < -0.3 is 29.3 Å². The zero-order valence-corrected chi connectivity index (χ0v) is 26.6. The fourth-order valence-electron chi connectivity index (χ4n) is 6.11. The third-order valence-electron chi connectivity index (χ3n) is 8.65. The first-order valence-electron chi connectivity index (χ1n) is 15.6. The first kappa shape index (κ1) is 31.6. The second kappa shape index (κ2) is 13.6. The molecule has 12 nitrogen and oxygen atoms in total. The highest BCUT2D eigenvalue weighted by molar-refractivity contribution is 6.07. The number of pyridine rings is 1. The smallest absolute Gasteiger partial charge is 0.270 e. The van der Waals surface area contributed by atoms with Crippen LogP contribution in [0.1, 0.15) is 52.6 Å². The average Bonchev–Trinajstić information content (AvgIpc) is 3.75. The summed E-state index contributed by atoms with van der Waals surface area (Å²) in [6.07, 6.45) is 10.2. The van der Waals surface area contributed by atoms with E-state index in [4.69, 9.17) is 9.72 Å². The molecule has 6 rings (SSSR count). The Morgan fingerprint density at radius 2 is 1.74 bits per heavy atom. The number of amides is 2. The molecule has 4 heterocycles. The summed E-state index contributed by atoms with van der Waals surface area (Å²) in [4.78, 5) is 57.4. The molecule has 1 saturated heterocycles. The van der Waals surface area contributed by atoms with E-state index in [2.05, 4.69) is 24.8 Å². The molecule has 1 N–H and O–H groups in total. The summed E-state index contributed by atoms with van der Waals surface area (Å²) in [5, 5.41) is 4.02. The molecular weight excluding hydrogens is 603 g/mol. The molecule has 47 heavy (non-hydrogen) atoms. The molecule has 3 aromatic heterocycles. The van der Waals surface area contributed by atoms with Gasteiger partial charge in [-0.1, -0.05) is 12.8 Å². The lowest BCUT2D eigenvalue weighted by molar-refractivity contribution is -0.126. The normalized spacial score (nSPS) is 15.4. The first-order chi connectivity index (χ1) is 22.7. The van der Waals surface area contributed by atoms with Gasteiger partial charge in [-0.2, -0.15) is 4.98 Å². The molecule has 13 heteroatoms. The molecule has 2 fully saturated rings. The number of nitrogens with zero attached hydrogens (tertiary/aromatic N) is 7. The minimum Gasteiger partial charge on any atom is -0.494 e. The number of ketones is 1. The molecule has 0 unspecified atom stereocenters. The van der Waals surface area contributed by atoms with Gasteiger partial charge in [0.05, 0.1) is 19.0 Å². The van der Waals surface area contributed by atoms with Crippen LogP contribution in [0, 0.1) is 5.82 Å². The van der Waals surface area contributed by atoms with Crippen LogP contribution in [-0.4, -0.2) is 94.3 Å². The highest BCUT2D eigenvalue weighted by Crippen LogP contribution is 2.35. The largest absolute Gasteiger partial charge is 0.494 e. The van der Waals surface area contributed by atoms with Gasteiger partial charge in [0.15, 0.2) is 17.3 Å². The lowest BCUT2D eigenvalue weighted by Crippen LogP contribution is -2.48. The van der Waals surface area contributed by atoms with Gasteiger partial charge in [-0.05, 0) is 55.3 Å². The van der Waals surface area contributed by atoms with Crippen LogP contribution in [0.15, 0.2) is 60.9 Å². The van der Waals surface area contributed by atoms with Crippen molar-refractivity contribution in [3.8, 4) is 5.75 Å². The molecule has 1 saturated carbocycles. The summed E-state index contributed by atoms with van der Waals surface area (Å²) in [5.41, 5.74) is 2.41. The number of fused-ring (bicyclic) bond motifs is 1. The van der Waals surface area contributed by atoms with Gasteiger partial charge in [-0.3, -0.25) is 14.4 Å². The molecule has 4 aromatic rings. The number of carbonyl (C=O) groups excluding carboxylic acids is 3. The molecule has 2 amide bonds. The number of hydrogen-bond acceptors (Lipinski definition) is 9. The summed E-state index contributed by atoms with van der Waals surface area (Å²) in [7, 11) is 4.86. The van der Waals surface area contributed by atoms with Gasteiger partial charge in [-0.25, -0.2) is 14.4 Å². The maximum atomic E-state index is 13.9. The van der Waals surface area contributed by atoms with E-state index in [1.165, 1.54) is 31.4 Å². The van der Waals surface area contributed by atoms with Crippen molar-refractivity contribution < 1.29 is 23.5 Å². The van der Waals surface area contributed by atoms with Crippen LogP contribution >= 0.6 is 0 Å². The number of halogens is 1. The SMILES string of the molecule is COc1ccc(C(=O)/C=C/C(=O)N2CCN(c3ccc(Nc4ncc5cc(C(=O)N(C)C)n(C6CCCC6)c5n4)nc3)CC2)cc1F. The molecule has 0 bridgehead atoms. The summed E-state index contributed by atoms with van der Waals surface area (Å²) in [6.45, 7) is 2.14. The van der Waals surface area contributed by atoms with Crippen molar-refractivity contribution in [2.45, 2.75) is 31.7 Å². The minimum absolute atomic E-state index is 0.0474. The summed E-state index contributed by atoms with van der Waals surface area (Å²) in [5.74, 6) is -0.408. The molecular formula is C34H37FN8O4. The van der Waals surface area contributed by atoms with Crippen molar-refractivity contribution in [2.24, 2.45) is 0 Å². The van der Waals surface area contributed by atoms with Gasteiger partial charge in [-0.15, -0.1) is 0 Å². The maximum Gasteiger partial charge on any atom is 0.270 e. The molecule has 1 aliphatic heterocycles. The van der Waals surface area contributed by atoms with Gasteiger partial charge in [0, 0.05) is 69.5 Å². The number of piperazine rings is 1. The Kier molecular flexibility index (Phi) is 9.14. The predicted molar refractivity (Wildman–Crippen MR) is 176 cm³/mol. The summed E-state index contributed by atoms with van der Waals surface area (Å²) >= 11 is 0. The fraction of sp³-hybridized carbons (Fsp3) is 0.353. The van der Waals surface area contributed by atoms with Crippen LogP contribution in [0.3, 0.4) is 0 Å². The van der Waals surface area contributed by atoms with Crippen LogP contribution in [0.4, 0.5) is 21.8 Å². The number of aromatic nitrogens is 4. The Labute approximate surface area is 271 Å². The van der Waals surface area contributed by atoms with E-state index in [1.807, 2.05) is 18.2 Å². The van der Waals surface area contributed by atoms with E-state index in [-0.39, 0.29) is 29.2 Å². The average molecular weight is 641 g/mol. The van der Waals surface area contributed by atoms with Gasteiger partial charge >= 0.3 is 0 Å². The van der Waals surface area contributed by atoms with Crippen molar-refractivity contribution in [3.05, 3.63) is 78.0 Å². The zero-order valence-electron chi connectivity index (χ0n) is 26.6. The Morgan fingerprint density at radius 1 is 0.979 bits per heavy atom. The van der Waals surface area contributed by atoms with Crippen molar-refractivity contribution in [1.82, 2.24) is 29.3 Å².